The molecule has 2 aromatic carbocycles. The van der Waals surface area contributed by atoms with E-state index in [2.05, 4.69) is 5.32 Å². The summed E-state index contributed by atoms with van der Waals surface area (Å²) in [5.74, 6) is -0.624. The highest BCUT2D eigenvalue weighted by atomic mass is 16.6. The van der Waals surface area contributed by atoms with E-state index in [0.29, 0.717) is 17.0 Å². The number of aryl methyl sites for hydroxylation is 1. The lowest BCUT2D eigenvalue weighted by molar-refractivity contribution is -0.159. The van der Waals surface area contributed by atoms with Gasteiger partial charge in [-0.1, -0.05) is 24.3 Å². The van der Waals surface area contributed by atoms with Crippen LogP contribution in [0.4, 0.5) is 5.69 Å². The number of benzene rings is 2. The minimum atomic E-state index is -1.03. The van der Waals surface area contributed by atoms with E-state index in [-0.39, 0.29) is 0 Å². The molecule has 0 unspecified atom stereocenters. The Morgan fingerprint density at radius 2 is 1.81 bits per heavy atom. The second-order valence-electron chi connectivity index (χ2n) is 5.80. The molecule has 2 rings (SSSR count). The molecule has 0 saturated heterocycles. The van der Waals surface area contributed by atoms with Gasteiger partial charge in [0.25, 0.3) is 5.91 Å². The Bertz CT molecular complexity index is 842. The molecule has 0 saturated carbocycles. The molecule has 0 heterocycles. The molecule has 0 aromatic heterocycles. The summed E-state index contributed by atoms with van der Waals surface area (Å²) in [7, 11) is 0. The minimum absolute atomic E-state index is 0.329. The summed E-state index contributed by atoms with van der Waals surface area (Å²) in [6.07, 6.45) is -1.89. The van der Waals surface area contributed by atoms with Crippen LogP contribution in [-0.2, 0) is 14.3 Å². The molecule has 6 nitrogen and oxygen atoms in total. The van der Waals surface area contributed by atoms with Crippen molar-refractivity contribution < 1.29 is 19.1 Å². The van der Waals surface area contributed by atoms with Crippen molar-refractivity contribution in [2.24, 2.45) is 0 Å². The van der Waals surface area contributed by atoms with Gasteiger partial charge in [-0.2, -0.15) is 5.26 Å². The SMILES string of the molecule is Cc1cccc(O[C@H](C)C(=O)O[C@H](C)C(=O)Nc2ccccc2C#N)c1. The van der Waals surface area contributed by atoms with Gasteiger partial charge in [0.2, 0.25) is 0 Å². The van der Waals surface area contributed by atoms with Gasteiger partial charge in [0, 0.05) is 0 Å². The maximum Gasteiger partial charge on any atom is 0.347 e. The van der Waals surface area contributed by atoms with Crippen LogP contribution in [0.3, 0.4) is 0 Å². The number of carbonyl (C=O) groups is 2. The number of para-hydroxylation sites is 1. The van der Waals surface area contributed by atoms with Crippen molar-refractivity contribution in [3.8, 4) is 11.8 Å². The first-order valence-electron chi connectivity index (χ1n) is 8.14. The van der Waals surface area contributed by atoms with E-state index >= 15 is 0 Å². The van der Waals surface area contributed by atoms with Crippen molar-refractivity contribution in [2.75, 3.05) is 5.32 Å². The van der Waals surface area contributed by atoms with Crippen LogP contribution in [0.15, 0.2) is 48.5 Å². The zero-order valence-electron chi connectivity index (χ0n) is 14.9. The van der Waals surface area contributed by atoms with Crippen LogP contribution in [0.1, 0.15) is 25.0 Å². The Hall–Kier alpha value is -3.33. The highest BCUT2D eigenvalue weighted by molar-refractivity contribution is 5.96. The fourth-order valence-electron chi connectivity index (χ4n) is 2.19. The number of hydrogen-bond donors (Lipinski definition) is 1. The summed E-state index contributed by atoms with van der Waals surface area (Å²) in [5, 5.41) is 11.6. The number of hydrogen-bond acceptors (Lipinski definition) is 5. The quantitative estimate of drug-likeness (QED) is 0.807. The van der Waals surface area contributed by atoms with E-state index in [4.69, 9.17) is 14.7 Å². The van der Waals surface area contributed by atoms with Crippen LogP contribution in [0.25, 0.3) is 0 Å². The molecule has 0 aliphatic rings. The van der Waals surface area contributed by atoms with E-state index in [1.807, 2.05) is 25.1 Å². The van der Waals surface area contributed by atoms with Gasteiger partial charge in [-0.25, -0.2) is 4.79 Å². The molecule has 0 radical (unpaired) electrons. The average molecular weight is 352 g/mol. The Labute approximate surface area is 152 Å². The summed E-state index contributed by atoms with van der Waals surface area (Å²) in [6.45, 7) is 4.93. The summed E-state index contributed by atoms with van der Waals surface area (Å²) in [5.41, 5.74) is 1.70. The van der Waals surface area contributed by atoms with Gasteiger partial charge in [0.1, 0.15) is 11.8 Å². The maximum absolute atomic E-state index is 12.2. The van der Waals surface area contributed by atoms with Crippen LogP contribution in [0, 0.1) is 18.3 Å². The standard InChI is InChI=1S/C20H20N2O4/c1-13-7-6-9-17(11-13)25-15(3)20(24)26-14(2)19(23)22-18-10-5-4-8-16(18)12-21/h4-11,14-15H,1-3H3,(H,22,23)/t14-,15-/m1/s1. The fourth-order valence-corrected chi connectivity index (χ4v) is 2.19. The molecule has 1 amide bonds. The van der Waals surface area contributed by atoms with Crippen molar-refractivity contribution in [1.29, 1.82) is 5.26 Å². The second kappa shape index (κ2) is 8.67. The largest absolute Gasteiger partial charge is 0.479 e. The first-order chi connectivity index (χ1) is 12.4. The van der Waals surface area contributed by atoms with Crippen LogP contribution >= 0.6 is 0 Å². The molecule has 0 spiro atoms. The molecular weight excluding hydrogens is 332 g/mol. The zero-order valence-corrected chi connectivity index (χ0v) is 14.9. The third-order valence-electron chi connectivity index (χ3n) is 3.60. The molecule has 2 atom stereocenters. The Morgan fingerprint density at radius 1 is 1.08 bits per heavy atom. The maximum atomic E-state index is 12.2. The monoisotopic (exact) mass is 352 g/mol. The number of nitriles is 1. The molecular formula is C20H20N2O4. The van der Waals surface area contributed by atoms with Crippen molar-refractivity contribution in [3.05, 3.63) is 59.7 Å². The minimum Gasteiger partial charge on any atom is -0.479 e. The highest BCUT2D eigenvalue weighted by Crippen LogP contribution is 2.16. The van der Waals surface area contributed by atoms with E-state index in [1.54, 1.807) is 43.3 Å². The van der Waals surface area contributed by atoms with Crippen LogP contribution < -0.4 is 10.1 Å². The molecule has 1 N–H and O–H groups in total. The number of nitrogens with one attached hydrogen (secondary N) is 1. The molecule has 0 aliphatic carbocycles. The molecule has 0 aliphatic heterocycles. The zero-order chi connectivity index (χ0) is 19.1. The van der Waals surface area contributed by atoms with Gasteiger partial charge in [-0.15, -0.1) is 0 Å². The first kappa shape index (κ1) is 19.0. The van der Waals surface area contributed by atoms with Gasteiger partial charge < -0.3 is 14.8 Å². The predicted molar refractivity (Wildman–Crippen MR) is 96.6 cm³/mol. The second-order valence-corrected chi connectivity index (χ2v) is 5.80. The summed E-state index contributed by atoms with van der Waals surface area (Å²) >= 11 is 0. The number of esters is 1. The number of nitrogens with zero attached hydrogens (tertiary/aromatic N) is 1. The van der Waals surface area contributed by atoms with Crippen molar-refractivity contribution in [1.82, 2.24) is 0 Å². The topological polar surface area (TPSA) is 88.4 Å². The smallest absolute Gasteiger partial charge is 0.347 e. The molecule has 2 aromatic rings. The number of ether oxygens (including phenoxy) is 2. The normalized spacial score (nSPS) is 12.4. The molecule has 0 bridgehead atoms. The fraction of sp³-hybridized carbons (Fsp3) is 0.250. The first-order valence-corrected chi connectivity index (χ1v) is 8.14. The third-order valence-corrected chi connectivity index (χ3v) is 3.60. The Balaban J connectivity index is 1.93. The lowest BCUT2D eigenvalue weighted by Crippen LogP contribution is -2.35. The summed E-state index contributed by atoms with van der Waals surface area (Å²) in [4.78, 5) is 24.3. The van der Waals surface area contributed by atoms with Gasteiger partial charge in [-0.3, -0.25) is 4.79 Å². The highest BCUT2D eigenvalue weighted by Gasteiger charge is 2.23. The molecule has 0 fully saturated rings. The number of carbonyl (C=O) groups excluding carboxylic acids is 2. The molecule has 134 valence electrons. The average Bonchev–Trinajstić information content (AvgIpc) is 2.62. The third kappa shape index (κ3) is 5.08. The molecule has 26 heavy (non-hydrogen) atoms. The van der Waals surface area contributed by atoms with E-state index in [9.17, 15) is 9.59 Å². The van der Waals surface area contributed by atoms with E-state index in [1.165, 1.54) is 6.92 Å². The van der Waals surface area contributed by atoms with Crippen LogP contribution in [0.5, 0.6) is 5.75 Å². The molecule has 6 heteroatoms. The van der Waals surface area contributed by atoms with Crippen molar-refractivity contribution in [3.63, 3.8) is 0 Å². The van der Waals surface area contributed by atoms with Gasteiger partial charge in [-0.05, 0) is 50.6 Å². The number of rotatable bonds is 6. The van der Waals surface area contributed by atoms with E-state index < -0.39 is 24.1 Å². The predicted octanol–water partition coefficient (Wildman–Crippen LogP) is 3.20. The van der Waals surface area contributed by atoms with Crippen LogP contribution in [0.2, 0.25) is 0 Å². The van der Waals surface area contributed by atoms with Crippen molar-refractivity contribution in [2.45, 2.75) is 33.0 Å². The summed E-state index contributed by atoms with van der Waals surface area (Å²) in [6, 6.07) is 15.9. The van der Waals surface area contributed by atoms with Crippen molar-refractivity contribution >= 4 is 17.6 Å². The van der Waals surface area contributed by atoms with E-state index in [0.717, 1.165) is 5.56 Å². The Morgan fingerprint density at radius 3 is 2.50 bits per heavy atom. The number of anilines is 1. The summed E-state index contributed by atoms with van der Waals surface area (Å²) < 4.78 is 10.7. The lowest BCUT2D eigenvalue weighted by Gasteiger charge is -2.18. The Kier molecular flexibility index (Phi) is 6.34. The van der Waals surface area contributed by atoms with Crippen LogP contribution in [-0.4, -0.2) is 24.1 Å². The van der Waals surface area contributed by atoms with Gasteiger partial charge >= 0.3 is 5.97 Å². The number of amides is 1. The van der Waals surface area contributed by atoms with Gasteiger partial charge in [0.15, 0.2) is 12.2 Å². The van der Waals surface area contributed by atoms with Gasteiger partial charge in [0.05, 0.1) is 11.3 Å². The lowest BCUT2D eigenvalue weighted by atomic mass is 10.2.